The Kier molecular flexibility index (Phi) is 7.02. The largest absolute Gasteiger partial charge is 0.497 e. The quantitative estimate of drug-likeness (QED) is 0.762. The molecule has 6 nitrogen and oxygen atoms in total. The van der Waals surface area contributed by atoms with Gasteiger partial charge in [-0.05, 0) is 49.2 Å². The van der Waals surface area contributed by atoms with Gasteiger partial charge in [-0.3, -0.25) is 9.59 Å². The van der Waals surface area contributed by atoms with Crippen LogP contribution in [0, 0.1) is 0 Å². The van der Waals surface area contributed by atoms with E-state index in [1.165, 1.54) is 0 Å². The molecule has 138 valence electrons. The first-order valence-electron chi connectivity index (χ1n) is 8.49. The van der Waals surface area contributed by atoms with Crippen molar-refractivity contribution >= 4 is 17.5 Å². The fourth-order valence-electron chi connectivity index (χ4n) is 2.37. The Morgan fingerprint density at radius 1 is 1.04 bits per heavy atom. The smallest absolute Gasteiger partial charge is 0.261 e. The number of hydrogen-bond acceptors (Lipinski definition) is 4. The van der Waals surface area contributed by atoms with E-state index in [0.717, 1.165) is 17.7 Å². The summed E-state index contributed by atoms with van der Waals surface area (Å²) in [5.74, 6) is 0.615. The van der Waals surface area contributed by atoms with E-state index in [2.05, 4.69) is 10.6 Å². The summed E-state index contributed by atoms with van der Waals surface area (Å²) < 4.78 is 10.6. The molecule has 26 heavy (non-hydrogen) atoms. The molecule has 0 radical (unpaired) electrons. The van der Waals surface area contributed by atoms with E-state index in [4.69, 9.17) is 9.47 Å². The van der Waals surface area contributed by atoms with Crippen molar-refractivity contribution in [1.29, 1.82) is 0 Å². The minimum atomic E-state index is -0.723. The molecule has 2 N–H and O–H groups in total. The highest BCUT2D eigenvalue weighted by Gasteiger charge is 2.16. The predicted molar refractivity (Wildman–Crippen MR) is 101 cm³/mol. The van der Waals surface area contributed by atoms with Gasteiger partial charge >= 0.3 is 0 Å². The fraction of sp³-hybridized carbons (Fsp3) is 0.300. The molecule has 2 aromatic rings. The van der Waals surface area contributed by atoms with E-state index in [-0.39, 0.29) is 18.4 Å². The molecule has 1 unspecified atom stereocenters. The van der Waals surface area contributed by atoms with Crippen LogP contribution in [0.2, 0.25) is 0 Å². The normalized spacial score (nSPS) is 11.3. The average molecular weight is 356 g/mol. The third kappa shape index (κ3) is 5.51. The van der Waals surface area contributed by atoms with E-state index < -0.39 is 6.10 Å². The number of methoxy groups -OCH3 is 1. The van der Waals surface area contributed by atoms with Crippen molar-refractivity contribution in [3.05, 3.63) is 54.1 Å². The first-order chi connectivity index (χ1) is 12.5. The lowest BCUT2D eigenvalue weighted by Gasteiger charge is -2.15. The topological polar surface area (TPSA) is 76.7 Å². The number of aryl methyl sites for hydroxylation is 1. The van der Waals surface area contributed by atoms with Crippen molar-refractivity contribution in [2.45, 2.75) is 26.4 Å². The van der Waals surface area contributed by atoms with Crippen LogP contribution in [-0.2, 0) is 16.0 Å². The SMILES string of the molecule is CCc1ccccc1NC(=O)CNC(=O)C(C)Oc1ccc(OC)cc1. The monoisotopic (exact) mass is 356 g/mol. The van der Waals surface area contributed by atoms with Gasteiger partial charge in [0.25, 0.3) is 5.91 Å². The third-order valence-electron chi connectivity index (χ3n) is 3.84. The van der Waals surface area contributed by atoms with Crippen molar-refractivity contribution in [1.82, 2.24) is 5.32 Å². The van der Waals surface area contributed by atoms with Crippen LogP contribution in [0.1, 0.15) is 19.4 Å². The van der Waals surface area contributed by atoms with Crippen LogP contribution in [0.4, 0.5) is 5.69 Å². The van der Waals surface area contributed by atoms with Crippen molar-refractivity contribution in [3.63, 3.8) is 0 Å². The molecule has 1 atom stereocenters. The molecular weight excluding hydrogens is 332 g/mol. The predicted octanol–water partition coefficient (Wildman–Crippen LogP) is 2.78. The second-order valence-corrected chi connectivity index (χ2v) is 5.71. The molecule has 0 spiro atoms. The lowest BCUT2D eigenvalue weighted by atomic mass is 10.1. The van der Waals surface area contributed by atoms with E-state index >= 15 is 0 Å². The molecule has 0 aliphatic heterocycles. The van der Waals surface area contributed by atoms with E-state index in [1.807, 2.05) is 31.2 Å². The third-order valence-corrected chi connectivity index (χ3v) is 3.84. The highest BCUT2D eigenvalue weighted by Crippen LogP contribution is 2.18. The van der Waals surface area contributed by atoms with Crippen LogP contribution in [-0.4, -0.2) is 31.6 Å². The number of benzene rings is 2. The molecule has 2 rings (SSSR count). The molecule has 0 fully saturated rings. The maximum absolute atomic E-state index is 12.1. The Bertz CT molecular complexity index is 744. The number of para-hydroxylation sites is 1. The Morgan fingerprint density at radius 3 is 2.35 bits per heavy atom. The van der Waals surface area contributed by atoms with E-state index in [9.17, 15) is 9.59 Å². The summed E-state index contributed by atoms with van der Waals surface area (Å²) in [6.07, 6.45) is 0.0920. The summed E-state index contributed by atoms with van der Waals surface area (Å²) in [6.45, 7) is 3.53. The van der Waals surface area contributed by atoms with Gasteiger partial charge in [-0.15, -0.1) is 0 Å². The van der Waals surface area contributed by atoms with E-state index in [0.29, 0.717) is 11.5 Å². The summed E-state index contributed by atoms with van der Waals surface area (Å²) >= 11 is 0. The van der Waals surface area contributed by atoms with Gasteiger partial charge in [-0.25, -0.2) is 0 Å². The van der Waals surface area contributed by atoms with Gasteiger partial charge < -0.3 is 20.1 Å². The number of ether oxygens (including phenoxy) is 2. The summed E-state index contributed by atoms with van der Waals surface area (Å²) in [7, 11) is 1.58. The van der Waals surface area contributed by atoms with Gasteiger partial charge in [0.05, 0.1) is 13.7 Å². The Morgan fingerprint density at radius 2 is 1.69 bits per heavy atom. The number of rotatable bonds is 8. The summed E-state index contributed by atoms with van der Waals surface area (Å²) in [5.41, 5.74) is 1.81. The van der Waals surface area contributed by atoms with Crippen LogP contribution in [0.5, 0.6) is 11.5 Å². The maximum atomic E-state index is 12.1. The molecule has 0 aliphatic carbocycles. The molecule has 0 saturated carbocycles. The van der Waals surface area contributed by atoms with Crippen molar-refractivity contribution in [2.24, 2.45) is 0 Å². The number of nitrogens with one attached hydrogen (secondary N) is 2. The molecule has 0 heterocycles. The van der Waals surface area contributed by atoms with Crippen LogP contribution in [0.15, 0.2) is 48.5 Å². The van der Waals surface area contributed by atoms with Crippen LogP contribution in [0.25, 0.3) is 0 Å². The number of carbonyl (C=O) groups excluding carboxylic acids is 2. The lowest BCUT2D eigenvalue weighted by molar-refractivity contribution is -0.129. The molecule has 2 aromatic carbocycles. The van der Waals surface area contributed by atoms with Gasteiger partial charge in [-0.1, -0.05) is 25.1 Å². The second-order valence-electron chi connectivity index (χ2n) is 5.71. The maximum Gasteiger partial charge on any atom is 0.261 e. The minimum Gasteiger partial charge on any atom is -0.497 e. The number of hydrogen-bond donors (Lipinski definition) is 2. The molecule has 2 amide bonds. The lowest BCUT2D eigenvalue weighted by Crippen LogP contribution is -2.40. The summed E-state index contributed by atoms with van der Waals surface area (Å²) in [5, 5.41) is 5.39. The molecular formula is C20H24N2O4. The van der Waals surface area contributed by atoms with E-state index in [1.54, 1.807) is 38.3 Å². The van der Waals surface area contributed by atoms with Gasteiger partial charge in [-0.2, -0.15) is 0 Å². The highest BCUT2D eigenvalue weighted by atomic mass is 16.5. The van der Waals surface area contributed by atoms with Gasteiger partial charge in [0.2, 0.25) is 5.91 Å². The second kappa shape index (κ2) is 9.46. The van der Waals surface area contributed by atoms with Crippen LogP contribution >= 0.6 is 0 Å². The fourth-order valence-corrected chi connectivity index (χ4v) is 2.37. The Hall–Kier alpha value is -3.02. The van der Waals surface area contributed by atoms with Crippen molar-refractivity contribution in [3.8, 4) is 11.5 Å². The zero-order valence-corrected chi connectivity index (χ0v) is 15.2. The van der Waals surface area contributed by atoms with Gasteiger partial charge in [0, 0.05) is 5.69 Å². The first kappa shape index (κ1) is 19.3. The zero-order chi connectivity index (χ0) is 18.9. The average Bonchev–Trinajstić information content (AvgIpc) is 2.67. The van der Waals surface area contributed by atoms with Crippen molar-refractivity contribution in [2.75, 3.05) is 19.0 Å². The van der Waals surface area contributed by atoms with Gasteiger partial charge in [0.15, 0.2) is 6.10 Å². The number of amides is 2. The highest BCUT2D eigenvalue weighted by molar-refractivity contribution is 5.95. The van der Waals surface area contributed by atoms with Crippen molar-refractivity contribution < 1.29 is 19.1 Å². The first-order valence-corrected chi connectivity index (χ1v) is 8.49. The Labute approximate surface area is 153 Å². The van der Waals surface area contributed by atoms with Crippen LogP contribution < -0.4 is 20.1 Å². The van der Waals surface area contributed by atoms with Gasteiger partial charge in [0.1, 0.15) is 11.5 Å². The molecule has 0 bridgehead atoms. The number of carbonyl (C=O) groups is 2. The Balaban J connectivity index is 1.81. The zero-order valence-electron chi connectivity index (χ0n) is 15.2. The summed E-state index contributed by atoms with van der Waals surface area (Å²) in [6, 6.07) is 14.5. The van der Waals surface area contributed by atoms with Crippen LogP contribution in [0.3, 0.4) is 0 Å². The minimum absolute atomic E-state index is 0.118. The standard InChI is InChI=1S/C20H24N2O4/c1-4-15-7-5-6-8-18(15)22-19(23)13-21-20(24)14(2)26-17-11-9-16(25-3)10-12-17/h5-12,14H,4,13H2,1-3H3,(H,21,24)(H,22,23). The molecule has 0 aliphatic rings. The molecule has 6 heteroatoms. The number of anilines is 1. The molecule has 0 saturated heterocycles. The summed E-state index contributed by atoms with van der Waals surface area (Å²) in [4.78, 5) is 24.2. The molecule has 0 aromatic heterocycles.